The van der Waals surface area contributed by atoms with Crippen LogP contribution in [0.25, 0.3) is 0 Å². The topological polar surface area (TPSA) is 102 Å². The number of carbonyl (C=O) groups excluding carboxylic acids is 3. The van der Waals surface area contributed by atoms with Crippen molar-refractivity contribution in [3.8, 4) is 0 Å². The second kappa shape index (κ2) is 8.46. The van der Waals surface area contributed by atoms with Crippen LogP contribution in [0.4, 0.5) is 0 Å². The molecule has 0 spiro atoms. The van der Waals surface area contributed by atoms with Crippen LogP contribution in [-0.2, 0) is 23.9 Å². The summed E-state index contributed by atoms with van der Waals surface area (Å²) in [6, 6.07) is 0. The van der Waals surface area contributed by atoms with E-state index in [2.05, 4.69) is 0 Å². The number of esters is 2. The third-order valence-electron chi connectivity index (χ3n) is 2.28. The largest absolute Gasteiger partial charge is 0.465 e. The van der Waals surface area contributed by atoms with Gasteiger partial charge >= 0.3 is 11.9 Å². The maximum atomic E-state index is 11.7. The first kappa shape index (κ1) is 16.4. The smallest absolute Gasteiger partial charge is 0.320 e. The highest BCUT2D eigenvalue weighted by Gasteiger charge is 2.35. The Balaban J connectivity index is 4.78. The molecule has 2 N–H and O–H groups in total. The van der Waals surface area contributed by atoms with Crippen molar-refractivity contribution in [1.82, 2.24) is 5.48 Å². The number of rotatable bonds is 7. The minimum absolute atomic E-state index is 0.133. The van der Waals surface area contributed by atoms with Gasteiger partial charge in [0.05, 0.1) is 13.2 Å². The van der Waals surface area contributed by atoms with Crippen molar-refractivity contribution < 1.29 is 29.1 Å². The van der Waals surface area contributed by atoms with Crippen LogP contribution in [0.15, 0.2) is 0 Å². The Hall–Kier alpha value is -1.63. The molecule has 0 saturated heterocycles. The first-order valence-electron chi connectivity index (χ1n) is 5.74. The molecule has 1 amide bonds. The molecule has 0 saturated carbocycles. The SMILES string of the molecule is CCOC(=O)C(C(=O)OCC)C(C)CC(=O)NO. The van der Waals surface area contributed by atoms with E-state index in [0.717, 1.165) is 0 Å². The molecule has 7 nitrogen and oxygen atoms in total. The summed E-state index contributed by atoms with van der Waals surface area (Å²) in [6.45, 7) is 5.03. The molecule has 104 valence electrons. The van der Waals surface area contributed by atoms with Gasteiger partial charge in [-0.25, -0.2) is 5.48 Å². The fourth-order valence-corrected chi connectivity index (χ4v) is 1.48. The summed E-state index contributed by atoms with van der Waals surface area (Å²) < 4.78 is 9.55. The highest BCUT2D eigenvalue weighted by atomic mass is 16.6. The van der Waals surface area contributed by atoms with Gasteiger partial charge in [0.2, 0.25) is 5.91 Å². The van der Waals surface area contributed by atoms with Gasteiger partial charge in [0.15, 0.2) is 5.92 Å². The average Bonchev–Trinajstić information content (AvgIpc) is 2.29. The Morgan fingerprint density at radius 3 is 1.89 bits per heavy atom. The van der Waals surface area contributed by atoms with Crippen LogP contribution in [0.5, 0.6) is 0 Å². The van der Waals surface area contributed by atoms with E-state index < -0.39 is 29.7 Å². The van der Waals surface area contributed by atoms with Gasteiger partial charge in [0.25, 0.3) is 0 Å². The summed E-state index contributed by atoms with van der Waals surface area (Å²) in [5, 5.41) is 8.42. The Bertz CT molecular complexity index is 286. The molecule has 0 fully saturated rings. The summed E-state index contributed by atoms with van der Waals surface area (Å²) in [4.78, 5) is 34.3. The number of carbonyl (C=O) groups is 3. The van der Waals surface area contributed by atoms with Crippen molar-refractivity contribution in [1.29, 1.82) is 0 Å². The van der Waals surface area contributed by atoms with Crippen molar-refractivity contribution in [3.63, 3.8) is 0 Å². The van der Waals surface area contributed by atoms with Crippen molar-refractivity contribution in [3.05, 3.63) is 0 Å². The van der Waals surface area contributed by atoms with Gasteiger partial charge in [0.1, 0.15) is 0 Å². The second-order valence-electron chi connectivity index (χ2n) is 3.70. The summed E-state index contributed by atoms with van der Waals surface area (Å²) in [7, 11) is 0. The lowest BCUT2D eigenvalue weighted by atomic mass is 9.91. The Labute approximate surface area is 105 Å². The Morgan fingerprint density at radius 2 is 1.56 bits per heavy atom. The van der Waals surface area contributed by atoms with Crippen LogP contribution < -0.4 is 5.48 Å². The van der Waals surface area contributed by atoms with Crippen LogP contribution >= 0.6 is 0 Å². The van der Waals surface area contributed by atoms with Crippen LogP contribution in [0.2, 0.25) is 0 Å². The molecule has 18 heavy (non-hydrogen) atoms. The maximum absolute atomic E-state index is 11.7. The van der Waals surface area contributed by atoms with Gasteiger partial charge in [0, 0.05) is 6.42 Å². The molecule has 1 atom stereocenters. The van der Waals surface area contributed by atoms with Crippen LogP contribution in [0.3, 0.4) is 0 Å². The van der Waals surface area contributed by atoms with Crippen LogP contribution in [-0.4, -0.2) is 36.3 Å². The molecule has 1 unspecified atom stereocenters. The van der Waals surface area contributed by atoms with Crippen molar-refractivity contribution >= 4 is 17.8 Å². The number of ether oxygens (including phenoxy) is 2. The number of hydrogen-bond acceptors (Lipinski definition) is 6. The lowest BCUT2D eigenvalue weighted by Crippen LogP contribution is -2.35. The number of hydrogen-bond donors (Lipinski definition) is 2. The minimum Gasteiger partial charge on any atom is -0.465 e. The molecule has 0 aromatic heterocycles. The normalized spacial score (nSPS) is 11.8. The molecule has 7 heteroatoms. The molecular formula is C11H19NO6. The fraction of sp³-hybridized carbons (Fsp3) is 0.727. The van der Waals surface area contributed by atoms with Crippen LogP contribution in [0, 0.1) is 11.8 Å². The van der Waals surface area contributed by atoms with Gasteiger partial charge in [-0.05, 0) is 19.8 Å². The van der Waals surface area contributed by atoms with E-state index >= 15 is 0 Å². The lowest BCUT2D eigenvalue weighted by Gasteiger charge is -2.19. The molecule has 0 radical (unpaired) electrons. The molecule has 0 rings (SSSR count). The van der Waals surface area contributed by atoms with Gasteiger partial charge in [-0.2, -0.15) is 0 Å². The Kier molecular flexibility index (Phi) is 7.69. The number of nitrogens with one attached hydrogen (secondary N) is 1. The molecule has 0 aliphatic heterocycles. The molecule has 0 bridgehead atoms. The standard InChI is InChI=1S/C11H19NO6/c1-4-17-10(14)9(11(15)18-5-2)7(3)6-8(13)12-16/h7,9,16H,4-6H2,1-3H3,(H,12,13). The number of amides is 1. The quantitative estimate of drug-likeness (QED) is 0.295. The monoisotopic (exact) mass is 261 g/mol. The first-order valence-corrected chi connectivity index (χ1v) is 5.74. The van der Waals surface area contributed by atoms with Crippen LogP contribution in [0.1, 0.15) is 27.2 Å². The van der Waals surface area contributed by atoms with E-state index in [1.54, 1.807) is 13.8 Å². The van der Waals surface area contributed by atoms with E-state index in [1.165, 1.54) is 12.4 Å². The van der Waals surface area contributed by atoms with Gasteiger partial charge < -0.3 is 9.47 Å². The summed E-state index contributed by atoms with van der Waals surface area (Å²) in [5.41, 5.74) is 1.45. The maximum Gasteiger partial charge on any atom is 0.320 e. The predicted molar refractivity (Wildman–Crippen MR) is 60.5 cm³/mol. The molecule has 0 aromatic carbocycles. The highest BCUT2D eigenvalue weighted by molar-refractivity contribution is 5.95. The average molecular weight is 261 g/mol. The van der Waals surface area contributed by atoms with Gasteiger partial charge in [-0.15, -0.1) is 0 Å². The third-order valence-corrected chi connectivity index (χ3v) is 2.28. The zero-order chi connectivity index (χ0) is 14.1. The molecule has 0 aliphatic rings. The minimum atomic E-state index is -1.16. The third kappa shape index (κ3) is 5.13. The fourth-order valence-electron chi connectivity index (χ4n) is 1.48. The van der Waals surface area contributed by atoms with Crippen molar-refractivity contribution in [2.75, 3.05) is 13.2 Å². The molecular weight excluding hydrogens is 242 g/mol. The summed E-state index contributed by atoms with van der Waals surface area (Å²) in [6.07, 6.45) is -0.182. The summed E-state index contributed by atoms with van der Waals surface area (Å²) in [5.74, 6) is -3.93. The van der Waals surface area contributed by atoms with E-state index in [4.69, 9.17) is 14.7 Å². The molecule has 0 aliphatic carbocycles. The Morgan fingerprint density at radius 1 is 1.11 bits per heavy atom. The summed E-state index contributed by atoms with van der Waals surface area (Å²) >= 11 is 0. The van der Waals surface area contributed by atoms with E-state index in [9.17, 15) is 14.4 Å². The predicted octanol–water partition coefficient (Wildman–Crippen LogP) is 0.260. The number of hydroxylamine groups is 1. The first-order chi connectivity index (χ1) is 8.47. The highest BCUT2D eigenvalue weighted by Crippen LogP contribution is 2.19. The van der Waals surface area contributed by atoms with Gasteiger partial charge in [-0.1, -0.05) is 6.92 Å². The molecule has 0 heterocycles. The van der Waals surface area contributed by atoms with Gasteiger partial charge in [-0.3, -0.25) is 19.6 Å². The van der Waals surface area contributed by atoms with Crippen molar-refractivity contribution in [2.24, 2.45) is 11.8 Å². The zero-order valence-electron chi connectivity index (χ0n) is 10.8. The lowest BCUT2D eigenvalue weighted by molar-refractivity contribution is -0.164. The van der Waals surface area contributed by atoms with E-state index in [-0.39, 0.29) is 19.6 Å². The van der Waals surface area contributed by atoms with E-state index in [1.807, 2.05) is 0 Å². The van der Waals surface area contributed by atoms with E-state index in [0.29, 0.717) is 0 Å². The zero-order valence-corrected chi connectivity index (χ0v) is 10.8. The second-order valence-corrected chi connectivity index (χ2v) is 3.70. The molecule has 0 aromatic rings. The van der Waals surface area contributed by atoms with Crippen molar-refractivity contribution in [2.45, 2.75) is 27.2 Å².